The number of rotatable bonds is 11. The third-order valence-electron chi connectivity index (χ3n) is 16.2. The van der Waals surface area contributed by atoms with Gasteiger partial charge in [-0.2, -0.15) is 18.2 Å². The number of ether oxygens (including phenoxy) is 1. The molecule has 456 valence electrons. The van der Waals surface area contributed by atoms with Crippen LogP contribution in [0.5, 0.6) is 11.5 Å². The first kappa shape index (κ1) is 38.9. The molecule has 0 aliphatic heterocycles. The molecule has 0 amide bonds. The van der Waals surface area contributed by atoms with E-state index in [1.165, 1.54) is 39.5 Å². The maximum Gasteiger partial charge on any atom is 0.268 e. The van der Waals surface area contributed by atoms with Crippen molar-refractivity contribution in [3.05, 3.63) is 295 Å². The molecule has 5 nitrogen and oxygen atoms in total. The van der Waals surface area contributed by atoms with Gasteiger partial charge in [0.15, 0.2) is 0 Å². The largest absolute Gasteiger partial charge is 0.510 e. The molecule has 0 unspecified atom stereocenters. The molecule has 0 saturated heterocycles. The summed E-state index contributed by atoms with van der Waals surface area (Å²) in [5.74, 6) is 1.000. The Hall–Kier alpha value is -9.67. The minimum atomic E-state index is -2.90. The van der Waals surface area contributed by atoms with Gasteiger partial charge in [-0.05, 0) is 190 Å². The first-order valence-corrected chi connectivity index (χ1v) is 29.7. The minimum Gasteiger partial charge on any atom is -0.510 e. The number of aryl methyl sites for hydroxylation is 2. The van der Waals surface area contributed by atoms with Gasteiger partial charge < -0.3 is 13.9 Å². The zero-order valence-electron chi connectivity index (χ0n) is 75.8. The maximum atomic E-state index is 10.8. The first-order chi connectivity index (χ1) is 53.7. The fourth-order valence-corrected chi connectivity index (χ4v) is 11.5. The second-order valence-corrected chi connectivity index (χ2v) is 25.5. The quantitative estimate of drug-likeness (QED) is 0.0956. The Balaban J connectivity index is 0.0000117. The van der Waals surface area contributed by atoms with E-state index in [2.05, 4.69) is 39.2 Å². The fourth-order valence-electron chi connectivity index (χ4n) is 11.5. The second kappa shape index (κ2) is 24.2. The average molecular weight is 1400 g/mol. The van der Waals surface area contributed by atoms with Crippen LogP contribution >= 0.6 is 0 Å². The van der Waals surface area contributed by atoms with E-state index in [0.29, 0.717) is 16.9 Å². The van der Waals surface area contributed by atoms with Crippen LogP contribution in [0.4, 0.5) is 0 Å². The molecule has 0 aliphatic rings. The van der Waals surface area contributed by atoms with Gasteiger partial charge in [0.2, 0.25) is 0 Å². The number of nitrogens with zero attached hydrogens (tertiary/aromatic N) is 4. The molecular weight excluding hydrogens is 1300 g/mol. The van der Waals surface area contributed by atoms with E-state index in [4.69, 9.17) is 30.3 Å². The summed E-state index contributed by atoms with van der Waals surface area (Å²) in [6.07, 6.45) is 5.29. The normalized spacial score (nSPS) is 16.0. The molecule has 0 aliphatic carbocycles. The fraction of sp³-hybridized carbons (Fsp3) is 0.163. The number of hydrogen-bond acceptors (Lipinski definition) is 2. The summed E-state index contributed by atoms with van der Waals surface area (Å²) in [6, 6.07) is 29.2. The van der Waals surface area contributed by atoms with Crippen molar-refractivity contribution in [2.45, 2.75) is 92.3 Å². The molecule has 0 radical (unpaired) electrons. The standard InChI is InChI=1S/C86H74N4O.Pt/c1-56-25-23-26-57(2)82(56)61-37-40-78-80(50-61)88(70-33-24-34-71(53-70)91-72-38-39-74-73-35-21-22-36-77(73)90(79(74)54-72)81-52-67(41-42-87-81)84(3,4)5)55-89(78)83-75(65-44-62(58-27-15-12-16-28-58)43-63(45-65)59-29-17-13-18-30-59)48-64(60-31-19-14-20-32-60)49-76(83)66-46-68(85(6,7)8)51-69(47-66)86(9,10)11;/h12-52H,1-11H3;/q-2;/i1D3,2D3,12D,13D,14D,15D,16D,17D,18D,19D,20D,27D,28D,29D,30D,31D,32D,43D,44D,45D;. The van der Waals surface area contributed by atoms with Gasteiger partial charge in [-0.1, -0.05) is 225 Å². The summed E-state index contributed by atoms with van der Waals surface area (Å²) in [5, 5.41) is 1.77. The number of hydrogen-bond donors (Lipinski definition) is 0. The molecule has 0 atom stereocenters. The van der Waals surface area contributed by atoms with Gasteiger partial charge in [0, 0.05) is 52.5 Å². The van der Waals surface area contributed by atoms with Crippen molar-refractivity contribution in [2.24, 2.45) is 0 Å². The summed E-state index contributed by atoms with van der Waals surface area (Å²) >= 11 is 0. The molecule has 14 rings (SSSR count). The van der Waals surface area contributed by atoms with Crippen molar-refractivity contribution in [2.75, 3.05) is 0 Å². The molecule has 6 heteroatoms. The zero-order valence-corrected chi connectivity index (χ0v) is 54.1. The zero-order chi connectivity index (χ0) is 83.6. The van der Waals surface area contributed by atoms with Crippen molar-refractivity contribution >= 4 is 32.8 Å². The van der Waals surface area contributed by atoms with Gasteiger partial charge in [-0.15, -0.1) is 29.7 Å². The van der Waals surface area contributed by atoms with Gasteiger partial charge >= 0.3 is 0 Å². The van der Waals surface area contributed by atoms with Crippen molar-refractivity contribution in [1.29, 1.82) is 0 Å². The van der Waals surface area contributed by atoms with E-state index in [9.17, 15) is 12.3 Å². The Bertz CT molecular complexity index is 6230. The van der Waals surface area contributed by atoms with Crippen molar-refractivity contribution in [3.63, 3.8) is 0 Å². The third-order valence-corrected chi connectivity index (χ3v) is 16.2. The number of para-hydroxylation sites is 1. The maximum absolute atomic E-state index is 10.8. The summed E-state index contributed by atoms with van der Waals surface area (Å²) in [7, 11) is 0. The summed E-state index contributed by atoms with van der Waals surface area (Å²) in [5.41, 5.74) is -1.95. The number of aromatic nitrogens is 4. The molecule has 14 aromatic rings. The predicted octanol–water partition coefficient (Wildman–Crippen LogP) is 22.1. The van der Waals surface area contributed by atoms with E-state index in [0.717, 1.165) is 33.0 Å². The van der Waals surface area contributed by atoms with E-state index in [-0.39, 0.29) is 99.3 Å². The number of fused-ring (bicyclic) bond motifs is 4. The Kier molecular flexibility index (Phi) is 10.2. The SMILES string of the molecule is [2H]c1c([2H])c([2H])c(-c2cc(-c3cc(C(C)(C)C)cc(C(C)(C)C)c3)c(-[n+]3[c-]n(-c4[c-]c(Oc5[c-]c6c(cc5)c5ccccc5n6-c5cc(C(C)(C)C)ccn5)ccc4)c4cc(-c5c(C([2H])([2H])[2H])cccc5C([2H])([2H])[2H])ccc43)c(-c3c([2H])c(-c4c([2H])c([2H])c([2H])c([2H])c4[2H])c([2H])c(-c4c([2H])c([2H])c([2H])c([2H])c4[2H])c3[2H])c2)c([2H])c1[2H].[Pt]. The van der Waals surface area contributed by atoms with Crippen molar-refractivity contribution in [1.82, 2.24) is 14.1 Å². The Morgan fingerprint density at radius 3 is 1.66 bits per heavy atom. The van der Waals surface area contributed by atoms with E-state index >= 15 is 0 Å². The number of imidazole rings is 1. The Morgan fingerprint density at radius 1 is 0.467 bits per heavy atom. The molecule has 0 fully saturated rings. The van der Waals surface area contributed by atoms with Crippen molar-refractivity contribution < 1.29 is 63.3 Å². The molecular formula is C86H74N4OPt-2. The minimum absolute atomic E-state index is 0. The molecule has 0 N–H and O–H groups in total. The topological polar surface area (TPSA) is 35.9 Å². The van der Waals surface area contributed by atoms with Crippen LogP contribution < -0.4 is 9.30 Å². The predicted molar refractivity (Wildman–Crippen MR) is 378 cm³/mol. The molecule has 0 saturated carbocycles. The molecule has 0 spiro atoms. The van der Waals surface area contributed by atoms with Gasteiger partial charge in [0.05, 0.1) is 41.4 Å². The molecule has 92 heavy (non-hydrogen) atoms. The number of pyridine rings is 1. The first-order valence-electron chi connectivity index (χ1n) is 41.7. The van der Waals surface area contributed by atoms with Crippen LogP contribution in [0.1, 0.15) is 123 Å². The summed E-state index contributed by atoms with van der Waals surface area (Å²) in [6.45, 7) is 12.5. The van der Waals surface area contributed by atoms with E-state index in [1.54, 1.807) is 48.7 Å². The van der Waals surface area contributed by atoms with Crippen LogP contribution in [-0.4, -0.2) is 14.1 Å². The van der Waals surface area contributed by atoms with Gasteiger partial charge in [0.25, 0.3) is 6.33 Å². The summed E-state index contributed by atoms with van der Waals surface area (Å²) < 4.78 is 234. The van der Waals surface area contributed by atoms with E-state index in [1.807, 2.05) is 107 Å². The van der Waals surface area contributed by atoms with Crippen LogP contribution in [-0.2, 0) is 37.3 Å². The summed E-state index contributed by atoms with van der Waals surface area (Å²) in [4.78, 5) is 4.85. The Labute approximate surface area is 590 Å². The van der Waals surface area contributed by atoms with Crippen LogP contribution in [0, 0.1) is 32.2 Å². The second-order valence-electron chi connectivity index (χ2n) is 25.5. The van der Waals surface area contributed by atoms with E-state index < -0.39 is 167 Å². The van der Waals surface area contributed by atoms with Gasteiger partial charge in [-0.3, -0.25) is 4.57 Å². The molecule has 3 aromatic heterocycles. The smallest absolute Gasteiger partial charge is 0.268 e. The Morgan fingerprint density at radius 2 is 1.04 bits per heavy atom. The monoisotopic (exact) mass is 1400 g/mol. The number of benzene rings is 11. The molecule has 3 heterocycles. The van der Waals surface area contributed by atoms with Gasteiger partial charge in [0.1, 0.15) is 5.82 Å². The van der Waals surface area contributed by atoms with Crippen LogP contribution in [0.3, 0.4) is 0 Å². The van der Waals surface area contributed by atoms with Gasteiger partial charge in [-0.25, -0.2) is 4.98 Å². The third kappa shape index (κ3) is 11.8. The molecule has 0 bridgehead atoms. The van der Waals surface area contributed by atoms with Crippen molar-refractivity contribution in [3.8, 4) is 95.5 Å². The van der Waals surface area contributed by atoms with Crippen LogP contribution in [0.25, 0.3) is 117 Å². The van der Waals surface area contributed by atoms with Crippen LogP contribution in [0.2, 0.25) is 0 Å². The van der Waals surface area contributed by atoms with Crippen LogP contribution in [0.15, 0.2) is 248 Å². The average Bonchev–Trinajstić information content (AvgIpc) is 1.39. The molecule has 11 aromatic carbocycles.